The molecule has 4 nitrogen and oxygen atoms in total. The molecule has 6 heteroatoms. The standard InChI is InChI=1S/C11H15FN2O2S/c1-8(7-17-2)6-13-10-5-3-4-9(12)11(10)14(15)16/h3-5,8,13H,6-7H2,1-2H3. The van der Waals surface area contributed by atoms with Crippen LogP contribution in [-0.2, 0) is 0 Å². The van der Waals surface area contributed by atoms with E-state index in [-0.39, 0.29) is 5.69 Å². The number of nitrogens with one attached hydrogen (secondary N) is 1. The molecule has 0 radical (unpaired) electrons. The lowest BCUT2D eigenvalue weighted by Crippen LogP contribution is -2.14. The SMILES string of the molecule is CSCC(C)CNc1cccc(F)c1[N+](=O)[O-]. The van der Waals surface area contributed by atoms with E-state index in [2.05, 4.69) is 5.32 Å². The summed E-state index contributed by atoms with van der Waals surface area (Å²) in [6, 6.07) is 4.07. The summed E-state index contributed by atoms with van der Waals surface area (Å²) in [5.41, 5.74) is -0.244. The third kappa shape index (κ3) is 3.89. The van der Waals surface area contributed by atoms with Crippen molar-refractivity contribution in [3.05, 3.63) is 34.1 Å². The lowest BCUT2D eigenvalue weighted by Gasteiger charge is -2.12. The van der Waals surface area contributed by atoms with E-state index in [4.69, 9.17) is 0 Å². The van der Waals surface area contributed by atoms with Crippen LogP contribution in [0.25, 0.3) is 0 Å². The van der Waals surface area contributed by atoms with Crippen molar-refractivity contribution in [2.45, 2.75) is 6.92 Å². The number of benzene rings is 1. The minimum absolute atomic E-state index is 0.239. The lowest BCUT2D eigenvalue weighted by molar-refractivity contribution is -0.386. The largest absolute Gasteiger partial charge is 0.379 e. The smallest absolute Gasteiger partial charge is 0.327 e. The van der Waals surface area contributed by atoms with E-state index in [1.807, 2.05) is 13.2 Å². The number of thioether (sulfide) groups is 1. The first kappa shape index (κ1) is 13.8. The van der Waals surface area contributed by atoms with E-state index in [1.165, 1.54) is 12.1 Å². The maximum Gasteiger partial charge on any atom is 0.327 e. The molecule has 1 aromatic carbocycles. The number of nitro groups is 1. The summed E-state index contributed by atoms with van der Waals surface area (Å²) in [5, 5.41) is 13.7. The third-order valence-electron chi connectivity index (χ3n) is 2.26. The summed E-state index contributed by atoms with van der Waals surface area (Å²) >= 11 is 1.71. The summed E-state index contributed by atoms with van der Waals surface area (Å²) in [4.78, 5) is 10.0. The molecule has 0 aliphatic carbocycles. The molecule has 0 bridgehead atoms. The molecule has 0 spiro atoms. The molecule has 0 fully saturated rings. The molecule has 0 amide bonds. The molecular formula is C11H15FN2O2S. The van der Waals surface area contributed by atoms with Crippen LogP contribution in [0.1, 0.15) is 6.92 Å². The zero-order valence-corrected chi connectivity index (χ0v) is 10.6. The first-order valence-electron chi connectivity index (χ1n) is 5.22. The van der Waals surface area contributed by atoms with Gasteiger partial charge in [0.1, 0.15) is 5.69 Å². The fourth-order valence-electron chi connectivity index (χ4n) is 1.47. The predicted octanol–water partition coefficient (Wildman–Crippen LogP) is 3.14. The van der Waals surface area contributed by atoms with E-state index in [0.29, 0.717) is 12.5 Å². The number of nitro benzene ring substituents is 1. The Hall–Kier alpha value is -1.30. The molecule has 1 atom stereocenters. The molecule has 0 aromatic heterocycles. The molecule has 1 unspecified atom stereocenters. The molecule has 1 N–H and O–H groups in total. The first-order chi connectivity index (χ1) is 8.06. The van der Waals surface area contributed by atoms with Crippen molar-refractivity contribution in [3.8, 4) is 0 Å². The highest BCUT2D eigenvalue weighted by atomic mass is 32.2. The summed E-state index contributed by atoms with van der Waals surface area (Å²) < 4.78 is 13.3. The Morgan fingerprint density at radius 3 is 2.88 bits per heavy atom. The number of halogens is 1. The van der Waals surface area contributed by atoms with Crippen LogP contribution >= 0.6 is 11.8 Å². The molecule has 0 saturated heterocycles. The van der Waals surface area contributed by atoms with Crippen molar-refractivity contribution < 1.29 is 9.31 Å². The summed E-state index contributed by atoms with van der Waals surface area (Å²) in [6.45, 7) is 2.62. The van der Waals surface area contributed by atoms with Gasteiger partial charge in [0.2, 0.25) is 5.82 Å². The molecule has 0 aliphatic rings. The minimum Gasteiger partial charge on any atom is -0.379 e. The molecule has 0 saturated carbocycles. The van der Waals surface area contributed by atoms with E-state index < -0.39 is 16.4 Å². The molecule has 17 heavy (non-hydrogen) atoms. The third-order valence-corrected chi connectivity index (χ3v) is 3.16. The van der Waals surface area contributed by atoms with Gasteiger partial charge < -0.3 is 5.32 Å². The monoisotopic (exact) mass is 258 g/mol. The molecule has 0 heterocycles. The first-order valence-corrected chi connectivity index (χ1v) is 6.61. The number of rotatable bonds is 6. The second-order valence-electron chi connectivity index (χ2n) is 3.83. The van der Waals surface area contributed by atoms with Crippen molar-refractivity contribution in [1.29, 1.82) is 0 Å². The number of hydrogen-bond donors (Lipinski definition) is 1. The maximum absolute atomic E-state index is 13.3. The van der Waals surface area contributed by atoms with E-state index >= 15 is 0 Å². The molecule has 0 aliphatic heterocycles. The fourth-order valence-corrected chi connectivity index (χ4v) is 2.16. The Balaban J connectivity index is 2.77. The van der Waals surface area contributed by atoms with Crippen molar-refractivity contribution in [2.75, 3.05) is 23.9 Å². The minimum atomic E-state index is -0.808. The van der Waals surface area contributed by atoms with Crippen LogP contribution in [0.3, 0.4) is 0 Å². The summed E-state index contributed by atoms with van der Waals surface area (Å²) in [6.07, 6.45) is 2.00. The second-order valence-corrected chi connectivity index (χ2v) is 4.75. The topological polar surface area (TPSA) is 55.2 Å². The van der Waals surface area contributed by atoms with Gasteiger partial charge >= 0.3 is 5.69 Å². The Bertz CT molecular complexity index is 401. The number of nitrogens with zero attached hydrogens (tertiary/aromatic N) is 1. The lowest BCUT2D eigenvalue weighted by atomic mass is 10.2. The summed E-state index contributed by atoms with van der Waals surface area (Å²) in [5.74, 6) is 0.515. The number of hydrogen-bond acceptors (Lipinski definition) is 4. The van der Waals surface area contributed by atoms with Gasteiger partial charge in [-0.25, -0.2) is 0 Å². The van der Waals surface area contributed by atoms with Gasteiger partial charge in [0.05, 0.1) is 4.92 Å². The maximum atomic E-state index is 13.3. The zero-order chi connectivity index (χ0) is 12.8. The number of anilines is 1. The van der Waals surface area contributed by atoms with Crippen LogP contribution in [0.2, 0.25) is 0 Å². The van der Waals surface area contributed by atoms with Gasteiger partial charge in [-0.15, -0.1) is 0 Å². The Labute approximate surface area is 104 Å². The Morgan fingerprint density at radius 2 is 2.29 bits per heavy atom. The Kier molecular flexibility index (Phi) is 5.21. The van der Waals surface area contributed by atoms with Gasteiger partial charge in [0.15, 0.2) is 0 Å². The van der Waals surface area contributed by atoms with Crippen molar-refractivity contribution in [2.24, 2.45) is 5.92 Å². The second kappa shape index (κ2) is 6.44. The van der Waals surface area contributed by atoms with Crippen LogP contribution in [0, 0.1) is 21.8 Å². The quantitative estimate of drug-likeness (QED) is 0.629. The normalized spacial score (nSPS) is 12.2. The highest BCUT2D eigenvalue weighted by Gasteiger charge is 2.19. The van der Waals surface area contributed by atoms with E-state index in [9.17, 15) is 14.5 Å². The van der Waals surface area contributed by atoms with Crippen molar-refractivity contribution in [3.63, 3.8) is 0 Å². The van der Waals surface area contributed by atoms with Gasteiger partial charge in [0, 0.05) is 6.54 Å². The van der Waals surface area contributed by atoms with E-state index in [1.54, 1.807) is 11.8 Å². The van der Waals surface area contributed by atoms with Crippen LogP contribution in [0.5, 0.6) is 0 Å². The van der Waals surface area contributed by atoms with Gasteiger partial charge in [-0.05, 0) is 30.1 Å². The van der Waals surface area contributed by atoms with Gasteiger partial charge in [0.25, 0.3) is 0 Å². The molecule has 1 rings (SSSR count). The average molecular weight is 258 g/mol. The molecular weight excluding hydrogens is 243 g/mol. The highest BCUT2D eigenvalue weighted by molar-refractivity contribution is 7.98. The van der Waals surface area contributed by atoms with Crippen LogP contribution in [0.15, 0.2) is 18.2 Å². The van der Waals surface area contributed by atoms with E-state index in [0.717, 1.165) is 11.8 Å². The average Bonchev–Trinajstić information content (AvgIpc) is 2.26. The molecule has 94 valence electrons. The van der Waals surface area contributed by atoms with Crippen LogP contribution in [0.4, 0.5) is 15.8 Å². The van der Waals surface area contributed by atoms with Gasteiger partial charge in [-0.2, -0.15) is 16.2 Å². The van der Waals surface area contributed by atoms with Crippen molar-refractivity contribution in [1.82, 2.24) is 0 Å². The van der Waals surface area contributed by atoms with Gasteiger partial charge in [-0.3, -0.25) is 10.1 Å². The van der Waals surface area contributed by atoms with Crippen LogP contribution < -0.4 is 5.32 Å². The zero-order valence-electron chi connectivity index (χ0n) is 9.77. The van der Waals surface area contributed by atoms with Gasteiger partial charge in [-0.1, -0.05) is 13.0 Å². The van der Waals surface area contributed by atoms with Crippen molar-refractivity contribution >= 4 is 23.1 Å². The molecule has 1 aromatic rings. The van der Waals surface area contributed by atoms with Crippen LogP contribution in [-0.4, -0.2) is 23.5 Å². The number of para-hydroxylation sites is 1. The Morgan fingerprint density at radius 1 is 1.59 bits per heavy atom. The fraction of sp³-hybridized carbons (Fsp3) is 0.455. The highest BCUT2D eigenvalue weighted by Crippen LogP contribution is 2.27. The summed E-state index contributed by atoms with van der Waals surface area (Å²) in [7, 11) is 0. The predicted molar refractivity (Wildman–Crippen MR) is 69.1 cm³/mol.